The van der Waals surface area contributed by atoms with Gasteiger partial charge in [0.1, 0.15) is 0 Å². The molecule has 0 unspecified atom stereocenters. The molecule has 0 fully saturated rings. The number of nitrogens with one attached hydrogen (secondary N) is 1. The van der Waals surface area contributed by atoms with Crippen molar-refractivity contribution in [3.8, 4) is 0 Å². The van der Waals surface area contributed by atoms with E-state index in [1.165, 1.54) is 35.2 Å². The predicted octanol–water partition coefficient (Wildman–Crippen LogP) is 4.88. The van der Waals surface area contributed by atoms with Crippen molar-refractivity contribution >= 4 is 38.9 Å². The third-order valence-corrected chi connectivity index (χ3v) is 7.84. The molecule has 7 nitrogen and oxygen atoms in total. The topological polar surface area (TPSA) is 92.8 Å². The van der Waals surface area contributed by atoms with Crippen molar-refractivity contribution in [1.82, 2.24) is 5.32 Å². The molecule has 2 amide bonds. The molecule has 0 aliphatic carbocycles. The molecular formula is C27H27ClN2O5S. The first-order chi connectivity index (χ1) is 17.2. The zero-order valence-corrected chi connectivity index (χ0v) is 21.6. The van der Waals surface area contributed by atoms with E-state index < -0.39 is 15.7 Å². The highest BCUT2D eigenvalue weighted by molar-refractivity contribution is 7.91. The van der Waals surface area contributed by atoms with E-state index in [9.17, 15) is 18.0 Å². The Morgan fingerprint density at radius 3 is 2.56 bits per heavy atom. The third-order valence-electron chi connectivity index (χ3n) is 5.74. The van der Waals surface area contributed by atoms with E-state index >= 15 is 0 Å². The number of anilines is 1. The van der Waals surface area contributed by atoms with Gasteiger partial charge in [-0.1, -0.05) is 35.9 Å². The maximum absolute atomic E-state index is 13.7. The van der Waals surface area contributed by atoms with Crippen LogP contribution < -0.4 is 10.2 Å². The highest BCUT2D eigenvalue weighted by Gasteiger charge is 2.36. The van der Waals surface area contributed by atoms with Crippen LogP contribution in [0.5, 0.6) is 0 Å². The van der Waals surface area contributed by atoms with Crippen molar-refractivity contribution in [2.24, 2.45) is 0 Å². The summed E-state index contributed by atoms with van der Waals surface area (Å²) in [6, 6.07) is 17.5. The molecule has 36 heavy (non-hydrogen) atoms. The highest BCUT2D eigenvalue weighted by atomic mass is 35.5. The smallest absolute Gasteiger partial charge is 0.259 e. The van der Waals surface area contributed by atoms with Crippen LogP contribution in [0.1, 0.15) is 46.5 Å². The first-order valence-corrected chi connectivity index (χ1v) is 13.5. The fourth-order valence-electron chi connectivity index (χ4n) is 4.02. The summed E-state index contributed by atoms with van der Waals surface area (Å²) < 4.78 is 32.6. The van der Waals surface area contributed by atoms with E-state index in [0.717, 1.165) is 5.56 Å². The van der Waals surface area contributed by atoms with Gasteiger partial charge in [-0.25, -0.2) is 8.42 Å². The Bertz CT molecular complexity index is 1400. The number of fused-ring (bicyclic) bond motifs is 2. The van der Waals surface area contributed by atoms with E-state index in [-0.39, 0.29) is 45.2 Å². The van der Waals surface area contributed by atoms with Gasteiger partial charge in [0.25, 0.3) is 11.8 Å². The van der Waals surface area contributed by atoms with Gasteiger partial charge in [-0.15, -0.1) is 0 Å². The Morgan fingerprint density at radius 1 is 1.03 bits per heavy atom. The van der Waals surface area contributed by atoms with Gasteiger partial charge in [-0.2, -0.15) is 0 Å². The Kier molecular flexibility index (Phi) is 7.78. The molecule has 3 aromatic rings. The van der Waals surface area contributed by atoms with Crippen LogP contribution >= 0.6 is 11.6 Å². The van der Waals surface area contributed by atoms with Gasteiger partial charge in [0.2, 0.25) is 9.84 Å². The highest BCUT2D eigenvalue weighted by Crippen LogP contribution is 2.38. The standard InChI is InChI=1S/C27H27ClN2O5S/c1-18(2)35-14-6-13-29-26(31)20-11-12-25-23(16-20)30(17-19-7-5-8-21(28)15-19)27(32)22-9-3-4-10-24(22)36(25,33)34/h3-5,7-12,15-16,18H,6,13-14,17H2,1-2H3,(H,29,31). The Labute approximate surface area is 215 Å². The van der Waals surface area contributed by atoms with Gasteiger partial charge < -0.3 is 15.0 Å². The number of carbonyl (C=O) groups is 2. The number of sulfone groups is 1. The van der Waals surface area contributed by atoms with Crippen LogP contribution in [0, 0.1) is 0 Å². The summed E-state index contributed by atoms with van der Waals surface area (Å²) in [6.45, 7) is 4.88. The van der Waals surface area contributed by atoms with E-state index in [0.29, 0.717) is 24.6 Å². The maximum atomic E-state index is 13.7. The molecule has 0 saturated heterocycles. The normalized spacial score (nSPS) is 14.2. The molecule has 0 aromatic heterocycles. The van der Waals surface area contributed by atoms with Crippen molar-refractivity contribution in [3.05, 3.63) is 88.4 Å². The SMILES string of the molecule is CC(C)OCCCNC(=O)c1ccc2c(c1)N(Cc1cccc(Cl)c1)C(=O)c1ccccc1S2(=O)=O. The molecule has 0 bridgehead atoms. The molecule has 9 heteroatoms. The number of amides is 2. The fraction of sp³-hybridized carbons (Fsp3) is 0.259. The fourth-order valence-corrected chi connectivity index (χ4v) is 5.86. The molecule has 0 spiro atoms. The van der Waals surface area contributed by atoms with Gasteiger partial charge in [-0.05, 0) is 68.3 Å². The second-order valence-corrected chi connectivity index (χ2v) is 11.1. The van der Waals surface area contributed by atoms with E-state index in [2.05, 4.69) is 5.32 Å². The van der Waals surface area contributed by atoms with E-state index in [1.807, 2.05) is 13.8 Å². The van der Waals surface area contributed by atoms with E-state index in [1.54, 1.807) is 36.4 Å². The number of halogens is 1. The number of rotatable bonds is 8. The van der Waals surface area contributed by atoms with E-state index in [4.69, 9.17) is 16.3 Å². The predicted molar refractivity (Wildman–Crippen MR) is 138 cm³/mol. The Hall–Kier alpha value is -3.20. The number of hydrogen-bond acceptors (Lipinski definition) is 5. The van der Waals surface area contributed by atoms with Gasteiger partial charge in [0.05, 0.1) is 33.7 Å². The minimum absolute atomic E-state index is 0.0373. The molecule has 0 saturated carbocycles. The van der Waals surface area contributed by atoms with Crippen LogP contribution in [-0.4, -0.2) is 39.5 Å². The lowest BCUT2D eigenvalue weighted by Crippen LogP contribution is -2.31. The first-order valence-electron chi connectivity index (χ1n) is 11.6. The Balaban J connectivity index is 1.73. The minimum Gasteiger partial charge on any atom is -0.379 e. The number of benzene rings is 3. The summed E-state index contributed by atoms with van der Waals surface area (Å²) in [6.07, 6.45) is 0.747. The summed E-state index contributed by atoms with van der Waals surface area (Å²) in [5.41, 5.74) is 1.20. The van der Waals surface area contributed by atoms with Gasteiger partial charge in [0, 0.05) is 23.7 Å². The number of hydrogen-bond donors (Lipinski definition) is 1. The average molecular weight is 527 g/mol. The van der Waals surface area contributed by atoms with Crippen LogP contribution in [0.15, 0.2) is 76.5 Å². The lowest BCUT2D eigenvalue weighted by molar-refractivity contribution is 0.0757. The third kappa shape index (κ3) is 5.46. The molecule has 1 aliphatic rings. The van der Waals surface area contributed by atoms with Crippen molar-refractivity contribution in [3.63, 3.8) is 0 Å². The van der Waals surface area contributed by atoms with Gasteiger partial charge in [-0.3, -0.25) is 9.59 Å². The summed E-state index contributed by atoms with van der Waals surface area (Å²) >= 11 is 6.15. The second-order valence-electron chi connectivity index (χ2n) is 8.73. The molecule has 4 rings (SSSR count). The molecule has 188 valence electrons. The molecule has 0 radical (unpaired) electrons. The number of ether oxygens (including phenoxy) is 1. The molecule has 1 heterocycles. The second kappa shape index (κ2) is 10.8. The molecule has 1 aliphatic heterocycles. The first kappa shape index (κ1) is 25.9. The monoisotopic (exact) mass is 526 g/mol. The quantitative estimate of drug-likeness (QED) is 0.422. The zero-order valence-electron chi connectivity index (χ0n) is 20.0. The molecule has 3 aromatic carbocycles. The van der Waals surface area contributed by atoms with Crippen molar-refractivity contribution < 1.29 is 22.7 Å². The van der Waals surface area contributed by atoms with Crippen molar-refractivity contribution in [2.75, 3.05) is 18.1 Å². The molecule has 1 N–H and O–H groups in total. The summed E-state index contributed by atoms with van der Waals surface area (Å²) in [7, 11) is -4.02. The van der Waals surface area contributed by atoms with Crippen LogP contribution in [-0.2, 0) is 21.1 Å². The summed E-state index contributed by atoms with van der Waals surface area (Å²) in [5, 5.41) is 3.32. The maximum Gasteiger partial charge on any atom is 0.259 e. The van der Waals surface area contributed by atoms with Gasteiger partial charge in [0.15, 0.2) is 0 Å². The lowest BCUT2D eigenvalue weighted by atomic mass is 10.1. The Morgan fingerprint density at radius 2 is 1.81 bits per heavy atom. The van der Waals surface area contributed by atoms with Crippen molar-refractivity contribution in [1.29, 1.82) is 0 Å². The molecular weight excluding hydrogens is 500 g/mol. The number of nitrogens with zero attached hydrogens (tertiary/aromatic N) is 1. The van der Waals surface area contributed by atoms with Crippen LogP contribution in [0.4, 0.5) is 5.69 Å². The van der Waals surface area contributed by atoms with Gasteiger partial charge >= 0.3 is 0 Å². The molecule has 0 atom stereocenters. The average Bonchev–Trinajstić information content (AvgIpc) is 2.91. The largest absolute Gasteiger partial charge is 0.379 e. The van der Waals surface area contributed by atoms with Crippen molar-refractivity contribution in [2.45, 2.75) is 42.7 Å². The van der Waals surface area contributed by atoms with Crippen LogP contribution in [0.25, 0.3) is 0 Å². The summed E-state index contributed by atoms with van der Waals surface area (Å²) in [4.78, 5) is 27.8. The minimum atomic E-state index is -4.02. The lowest BCUT2D eigenvalue weighted by Gasteiger charge is -2.23. The number of carbonyl (C=O) groups excluding carboxylic acids is 2. The zero-order chi connectivity index (χ0) is 25.9. The summed E-state index contributed by atoms with van der Waals surface area (Å²) in [5.74, 6) is -0.840. The van der Waals surface area contributed by atoms with Crippen LogP contribution in [0.2, 0.25) is 5.02 Å². The van der Waals surface area contributed by atoms with Crippen LogP contribution in [0.3, 0.4) is 0 Å².